The molecule has 0 fully saturated rings. The van der Waals surface area contributed by atoms with Crippen LogP contribution in [0, 0.1) is 13.8 Å². The molecule has 0 aliphatic rings. The van der Waals surface area contributed by atoms with E-state index in [4.69, 9.17) is 4.74 Å². The van der Waals surface area contributed by atoms with Gasteiger partial charge in [0.25, 0.3) is 0 Å². The SMILES string of the molecule is COc1cc(C)c(C)cc1-c1ccnc(C=O)n1. The maximum Gasteiger partial charge on any atom is 0.193 e. The number of aldehydes is 1. The number of aryl methyl sites for hydroxylation is 2. The Morgan fingerprint density at radius 2 is 1.94 bits per heavy atom. The number of ether oxygens (including phenoxy) is 1. The molecule has 0 spiro atoms. The predicted molar refractivity (Wildman–Crippen MR) is 68.9 cm³/mol. The maximum atomic E-state index is 10.7. The van der Waals surface area contributed by atoms with Gasteiger partial charge in [-0.3, -0.25) is 4.79 Å². The number of nitrogens with zero attached hydrogens (tertiary/aromatic N) is 2. The first-order valence-electron chi connectivity index (χ1n) is 5.59. The Kier molecular flexibility index (Phi) is 3.37. The summed E-state index contributed by atoms with van der Waals surface area (Å²) in [5, 5.41) is 0. The first-order valence-corrected chi connectivity index (χ1v) is 5.59. The minimum Gasteiger partial charge on any atom is -0.496 e. The van der Waals surface area contributed by atoms with Gasteiger partial charge in [0, 0.05) is 11.8 Å². The number of rotatable bonds is 3. The summed E-state index contributed by atoms with van der Waals surface area (Å²) >= 11 is 0. The van der Waals surface area contributed by atoms with E-state index in [1.54, 1.807) is 19.4 Å². The summed E-state index contributed by atoms with van der Waals surface area (Å²) in [6, 6.07) is 5.73. The van der Waals surface area contributed by atoms with Crippen LogP contribution in [0.5, 0.6) is 5.75 Å². The second-order valence-corrected chi connectivity index (χ2v) is 4.05. The van der Waals surface area contributed by atoms with Crippen LogP contribution < -0.4 is 4.74 Å². The lowest BCUT2D eigenvalue weighted by Gasteiger charge is -2.11. The van der Waals surface area contributed by atoms with Gasteiger partial charge in [0.2, 0.25) is 0 Å². The average Bonchev–Trinajstić information content (AvgIpc) is 2.41. The van der Waals surface area contributed by atoms with Crippen molar-refractivity contribution in [2.75, 3.05) is 7.11 Å². The molecule has 92 valence electrons. The van der Waals surface area contributed by atoms with Gasteiger partial charge >= 0.3 is 0 Å². The summed E-state index contributed by atoms with van der Waals surface area (Å²) in [6.45, 7) is 4.05. The fraction of sp³-hybridized carbons (Fsp3) is 0.214. The summed E-state index contributed by atoms with van der Waals surface area (Å²) in [7, 11) is 1.62. The Bertz CT molecular complexity index is 594. The average molecular weight is 242 g/mol. The lowest BCUT2D eigenvalue weighted by atomic mass is 10.0. The molecule has 0 saturated heterocycles. The van der Waals surface area contributed by atoms with Gasteiger partial charge < -0.3 is 4.74 Å². The number of carbonyl (C=O) groups is 1. The molecule has 0 aliphatic carbocycles. The molecule has 4 nitrogen and oxygen atoms in total. The van der Waals surface area contributed by atoms with E-state index in [2.05, 4.69) is 9.97 Å². The highest BCUT2D eigenvalue weighted by molar-refractivity contribution is 5.73. The van der Waals surface area contributed by atoms with Crippen molar-refractivity contribution >= 4 is 6.29 Å². The Labute approximate surface area is 106 Å². The molecule has 1 heterocycles. The van der Waals surface area contributed by atoms with Crippen molar-refractivity contribution in [2.45, 2.75) is 13.8 Å². The monoisotopic (exact) mass is 242 g/mol. The molecule has 2 aromatic rings. The second kappa shape index (κ2) is 4.96. The first kappa shape index (κ1) is 12.2. The van der Waals surface area contributed by atoms with Gasteiger partial charge in [0.05, 0.1) is 12.8 Å². The van der Waals surface area contributed by atoms with Crippen LogP contribution in [-0.4, -0.2) is 23.4 Å². The van der Waals surface area contributed by atoms with Crippen LogP contribution in [0.2, 0.25) is 0 Å². The topological polar surface area (TPSA) is 52.1 Å². The normalized spacial score (nSPS) is 10.2. The minimum absolute atomic E-state index is 0.174. The van der Waals surface area contributed by atoms with Crippen LogP contribution in [0.3, 0.4) is 0 Å². The Hall–Kier alpha value is -2.23. The van der Waals surface area contributed by atoms with Gasteiger partial charge in [-0.15, -0.1) is 0 Å². The summed E-state index contributed by atoms with van der Waals surface area (Å²) in [6.07, 6.45) is 2.21. The van der Waals surface area contributed by atoms with Gasteiger partial charge in [0.1, 0.15) is 5.75 Å². The fourth-order valence-electron chi connectivity index (χ4n) is 1.74. The zero-order valence-corrected chi connectivity index (χ0v) is 10.6. The molecule has 0 N–H and O–H groups in total. The molecule has 0 saturated carbocycles. The molecule has 1 aromatic carbocycles. The molecular formula is C14H14N2O2. The number of hydrogen-bond acceptors (Lipinski definition) is 4. The third-order valence-corrected chi connectivity index (χ3v) is 2.87. The first-order chi connectivity index (χ1) is 8.65. The van der Waals surface area contributed by atoms with E-state index < -0.39 is 0 Å². The van der Waals surface area contributed by atoms with E-state index >= 15 is 0 Å². The third kappa shape index (κ3) is 2.22. The zero-order chi connectivity index (χ0) is 13.1. The fourth-order valence-corrected chi connectivity index (χ4v) is 1.74. The second-order valence-electron chi connectivity index (χ2n) is 4.05. The van der Waals surface area contributed by atoms with Crippen LogP contribution in [0.4, 0.5) is 0 Å². The number of benzene rings is 1. The molecule has 0 radical (unpaired) electrons. The Morgan fingerprint density at radius 3 is 2.61 bits per heavy atom. The van der Waals surface area contributed by atoms with Crippen molar-refractivity contribution in [3.05, 3.63) is 41.3 Å². The number of hydrogen-bond donors (Lipinski definition) is 0. The molecule has 4 heteroatoms. The van der Waals surface area contributed by atoms with Crippen LogP contribution in [0.1, 0.15) is 21.7 Å². The van der Waals surface area contributed by atoms with Gasteiger partial charge in [-0.05, 0) is 43.2 Å². The lowest BCUT2D eigenvalue weighted by Crippen LogP contribution is -1.97. The molecule has 0 aliphatic heterocycles. The molecule has 18 heavy (non-hydrogen) atoms. The molecule has 1 aromatic heterocycles. The van der Waals surface area contributed by atoms with Crippen LogP contribution >= 0.6 is 0 Å². The molecule has 0 bridgehead atoms. The maximum absolute atomic E-state index is 10.7. The van der Waals surface area contributed by atoms with E-state index in [0.29, 0.717) is 12.0 Å². The van der Waals surface area contributed by atoms with Crippen molar-refractivity contribution in [3.63, 3.8) is 0 Å². The van der Waals surface area contributed by atoms with E-state index in [1.807, 2.05) is 26.0 Å². The van der Waals surface area contributed by atoms with E-state index in [1.165, 1.54) is 0 Å². The predicted octanol–water partition coefficient (Wildman–Crippen LogP) is 2.58. The van der Waals surface area contributed by atoms with Crippen LogP contribution in [0.25, 0.3) is 11.3 Å². The highest BCUT2D eigenvalue weighted by Crippen LogP contribution is 2.31. The van der Waals surface area contributed by atoms with Crippen molar-refractivity contribution < 1.29 is 9.53 Å². The van der Waals surface area contributed by atoms with E-state index in [0.717, 1.165) is 22.4 Å². The van der Waals surface area contributed by atoms with E-state index in [9.17, 15) is 4.79 Å². The molecule has 0 amide bonds. The van der Waals surface area contributed by atoms with Gasteiger partial charge in [0.15, 0.2) is 12.1 Å². The minimum atomic E-state index is 0.174. The van der Waals surface area contributed by atoms with Crippen LogP contribution in [0.15, 0.2) is 24.4 Å². The quantitative estimate of drug-likeness (QED) is 0.776. The highest BCUT2D eigenvalue weighted by atomic mass is 16.5. The van der Waals surface area contributed by atoms with Gasteiger partial charge in [-0.25, -0.2) is 9.97 Å². The van der Waals surface area contributed by atoms with Crippen molar-refractivity contribution in [2.24, 2.45) is 0 Å². The molecular weight excluding hydrogens is 228 g/mol. The van der Waals surface area contributed by atoms with Crippen molar-refractivity contribution in [1.82, 2.24) is 9.97 Å². The largest absolute Gasteiger partial charge is 0.496 e. The van der Waals surface area contributed by atoms with Crippen LogP contribution in [-0.2, 0) is 0 Å². The summed E-state index contributed by atoms with van der Waals surface area (Å²) < 4.78 is 5.36. The van der Waals surface area contributed by atoms with E-state index in [-0.39, 0.29) is 5.82 Å². The zero-order valence-electron chi connectivity index (χ0n) is 10.6. The molecule has 0 atom stereocenters. The molecule has 0 unspecified atom stereocenters. The number of aromatic nitrogens is 2. The van der Waals surface area contributed by atoms with Crippen molar-refractivity contribution in [1.29, 1.82) is 0 Å². The number of carbonyl (C=O) groups excluding carboxylic acids is 1. The van der Waals surface area contributed by atoms with Crippen molar-refractivity contribution in [3.8, 4) is 17.0 Å². The standard InChI is InChI=1S/C14H14N2O2/c1-9-6-11(13(18-3)7-10(9)2)12-4-5-15-14(8-17)16-12/h4-8H,1-3H3. The summed E-state index contributed by atoms with van der Waals surface area (Å²) in [4.78, 5) is 18.7. The summed E-state index contributed by atoms with van der Waals surface area (Å²) in [5.41, 5.74) is 3.86. The van der Waals surface area contributed by atoms with Gasteiger partial charge in [-0.1, -0.05) is 0 Å². The Balaban J connectivity index is 2.61. The smallest absolute Gasteiger partial charge is 0.193 e. The molecule has 2 rings (SSSR count). The number of methoxy groups -OCH3 is 1. The highest BCUT2D eigenvalue weighted by Gasteiger charge is 2.10. The summed E-state index contributed by atoms with van der Waals surface area (Å²) in [5.74, 6) is 0.918. The third-order valence-electron chi connectivity index (χ3n) is 2.87. The Morgan fingerprint density at radius 1 is 1.22 bits per heavy atom. The lowest BCUT2D eigenvalue weighted by molar-refractivity contribution is 0.111. The van der Waals surface area contributed by atoms with Gasteiger partial charge in [-0.2, -0.15) is 0 Å².